The Morgan fingerprint density at radius 2 is 1.56 bits per heavy atom. The van der Waals surface area contributed by atoms with Crippen LogP contribution in [-0.2, 0) is 6.54 Å². The van der Waals surface area contributed by atoms with Gasteiger partial charge in [0.2, 0.25) is 0 Å². The molecule has 16 heavy (non-hydrogen) atoms. The Labute approximate surface area is 90.8 Å². The van der Waals surface area contributed by atoms with Crippen LogP contribution in [0.2, 0.25) is 0 Å². The van der Waals surface area contributed by atoms with Gasteiger partial charge in [-0.2, -0.15) is 0 Å². The third kappa shape index (κ3) is 2.16. The molecular weight excluding hydrogens is 212 g/mol. The van der Waals surface area contributed by atoms with E-state index in [4.69, 9.17) is 0 Å². The van der Waals surface area contributed by atoms with Crippen LogP contribution in [0.3, 0.4) is 0 Å². The van der Waals surface area contributed by atoms with Gasteiger partial charge in [0, 0.05) is 30.1 Å². The summed E-state index contributed by atoms with van der Waals surface area (Å²) in [5.41, 5.74) is -0.142. The Kier molecular flexibility index (Phi) is 2.81. The third-order valence-electron chi connectivity index (χ3n) is 2.26. The highest BCUT2D eigenvalue weighted by Crippen LogP contribution is 2.13. The standard InChI is InChI=1S/C12H9F2NO/c13-11-2-1-3-12(14)10(11)8-15-6-4-9(16)5-7-15/h1-7H,8H2. The topological polar surface area (TPSA) is 22.0 Å². The molecular formula is C12H9F2NO. The second-order valence-corrected chi connectivity index (χ2v) is 3.41. The highest BCUT2D eigenvalue weighted by molar-refractivity contribution is 5.20. The fourth-order valence-electron chi connectivity index (χ4n) is 1.42. The van der Waals surface area contributed by atoms with E-state index in [-0.39, 0.29) is 17.5 Å². The number of rotatable bonds is 2. The maximum atomic E-state index is 13.3. The summed E-state index contributed by atoms with van der Waals surface area (Å²) in [7, 11) is 0. The van der Waals surface area contributed by atoms with Crippen LogP contribution in [-0.4, -0.2) is 4.57 Å². The van der Waals surface area contributed by atoms with Crippen molar-refractivity contribution in [1.29, 1.82) is 0 Å². The van der Waals surface area contributed by atoms with Crippen LogP contribution in [0.5, 0.6) is 0 Å². The van der Waals surface area contributed by atoms with E-state index in [0.29, 0.717) is 0 Å². The van der Waals surface area contributed by atoms with Crippen molar-refractivity contribution < 1.29 is 8.78 Å². The van der Waals surface area contributed by atoms with Crippen LogP contribution in [0.25, 0.3) is 0 Å². The number of hydrogen-bond donors (Lipinski definition) is 0. The van der Waals surface area contributed by atoms with E-state index in [2.05, 4.69) is 0 Å². The van der Waals surface area contributed by atoms with Gasteiger partial charge >= 0.3 is 0 Å². The number of hydrogen-bond acceptors (Lipinski definition) is 1. The van der Waals surface area contributed by atoms with Gasteiger partial charge < -0.3 is 4.57 Å². The van der Waals surface area contributed by atoms with Crippen LogP contribution in [0.15, 0.2) is 47.5 Å². The molecule has 1 aromatic carbocycles. The molecule has 0 saturated carbocycles. The van der Waals surface area contributed by atoms with Crippen molar-refractivity contribution in [2.24, 2.45) is 0 Å². The highest BCUT2D eigenvalue weighted by atomic mass is 19.1. The summed E-state index contributed by atoms with van der Waals surface area (Å²) in [6.07, 6.45) is 2.99. The number of nitrogens with zero attached hydrogens (tertiary/aromatic N) is 1. The summed E-state index contributed by atoms with van der Waals surface area (Å²) in [5.74, 6) is -1.17. The average molecular weight is 221 g/mol. The molecule has 0 spiro atoms. The lowest BCUT2D eigenvalue weighted by Gasteiger charge is -2.07. The van der Waals surface area contributed by atoms with E-state index in [1.54, 1.807) is 4.57 Å². The summed E-state index contributed by atoms with van der Waals surface area (Å²) in [4.78, 5) is 10.8. The lowest BCUT2D eigenvalue weighted by molar-refractivity contribution is 0.544. The number of pyridine rings is 1. The first kappa shape index (κ1) is 10.5. The van der Waals surface area contributed by atoms with Gasteiger partial charge in [-0.15, -0.1) is 0 Å². The lowest BCUT2D eigenvalue weighted by Crippen LogP contribution is -2.07. The normalized spacial score (nSPS) is 10.4. The van der Waals surface area contributed by atoms with Gasteiger partial charge in [-0.25, -0.2) is 8.78 Å². The zero-order chi connectivity index (χ0) is 11.5. The molecule has 2 rings (SSSR count). The lowest BCUT2D eigenvalue weighted by atomic mass is 10.2. The minimum Gasteiger partial charge on any atom is -0.349 e. The summed E-state index contributed by atoms with van der Waals surface area (Å²) in [6.45, 7) is 0.0682. The van der Waals surface area contributed by atoms with Crippen molar-refractivity contribution in [1.82, 2.24) is 4.57 Å². The van der Waals surface area contributed by atoms with Gasteiger partial charge in [0.1, 0.15) is 11.6 Å². The molecule has 82 valence electrons. The first-order valence-electron chi connectivity index (χ1n) is 4.76. The molecule has 0 radical (unpaired) electrons. The molecule has 0 fully saturated rings. The smallest absolute Gasteiger partial charge is 0.181 e. The van der Waals surface area contributed by atoms with E-state index >= 15 is 0 Å². The molecule has 2 nitrogen and oxygen atoms in total. The van der Waals surface area contributed by atoms with E-state index in [1.165, 1.54) is 42.7 Å². The van der Waals surface area contributed by atoms with Gasteiger partial charge in [-0.1, -0.05) is 6.07 Å². The molecule has 0 aliphatic carbocycles. The van der Waals surface area contributed by atoms with Crippen LogP contribution >= 0.6 is 0 Å². The highest BCUT2D eigenvalue weighted by Gasteiger charge is 2.07. The van der Waals surface area contributed by atoms with E-state index < -0.39 is 11.6 Å². The van der Waals surface area contributed by atoms with Crippen molar-refractivity contribution in [3.05, 3.63) is 70.1 Å². The Morgan fingerprint density at radius 3 is 2.12 bits per heavy atom. The number of halogens is 2. The van der Waals surface area contributed by atoms with Crippen molar-refractivity contribution in [3.8, 4) is 0 Å². The Hall–Kier alpha value is -1.97. The minimum atomic E-state index is -0.585. The summed E-state index contributed by atoms with van der Waals surface area (Å²) >= 11 is 0. The fraction of sp³-hybridized carbons (Fsp3) is 0.0833. The zero-order valence-corrected chi connectivity index (χ0v) is 8.36. The number of aromatic nitrogens is 1. The van der Waals surface area contributed by atoms with Crippen molar-refractivity contribution >= 4 is 0 Å². The van der Waals surface area contributed by atoms with Gasteiger partial charge in [0.15, 0.2) is 5.43 Å². The number of benzene rings is 1. The Morgan fingerprint density at radius 1 is 1.00 bits per heavy atom. The molecule has 0 aliphatic rings. The van der Waals surface area contributed by atoms with Gasteiger partial charge in [-0.05, 0) is 12.1 Å². The zero-order valence-electron chi connectivity index (χ0n) is 8.36. The van der Waals surface area contributed by atoms with Crippen LogP contribution < -0.4 is 5.43 Å². The Balaban J connectivity index is 2.34. The van der Waals surface area contributed by atoms with Crippen LogP contribution in [0.4, 0.5) is 8.78 Å². The van der Waals surface area contributed by atoms with Crippen molar-refractivity contribution in [2.75, 3.05) is 0 Å². The largest absolute Gasteiger partial charge is 0.349 e. The molecule has 0 aliphatic heterocycles. The minimum absolute atomic E-state index is 0.00820. The van der Waals surface area contributed by atoms with Gasteiger partial charge in [0.25, 0.3) is 0 Å². The summed E-state index contributed by atoms with van der Waals surface area (Å²) in [6, 6.07) is 6.43. The fourth-order valence-corrected chi connectivity index (χ4v) is 1.42. The molecule has 0 unspecified atom stereocenters. The predicted octanol–water partition coefficient (Wildman–Crippen LogP) is 2.17. The molecule has 0 N–H and O–H groups in total. The molecule has 4 heteroatoms. The molecule has 0 bridgehead atoms. The van der Waals surface area contributed by atoms with Gasteiger partial charge in [0.05, 0.1) is 6.54 Å². The average Bonchev–Trinajstić information content (AvgIpc) is 2.26. The first-order valence-corrected chi connectivity index (χ1v) is 4.76. The predicted molar refractivity (Wildman–Crippen MR) is 56.2 cm³/mol. The molecule has 1 aromatic heterocycles. The molecule has 0 atom stereocenters. The monoisotopic (exact) mass is 221 g/mol. The van der Waals surface area contributed by atoms with Crippen molar-refractivity contribution in [2.45, 2.75) is 6.54 Å². The van der Waals surface area contributed by atoms with E-state index in [1.807, 2.05) is 0 Å². The Bertz CT molecular complexity index is 522. The van der Waals surface area contributed by atoms with Crippen molar-refractivity contribution in [3.63, 3.8) is 0 Å². The summed E-state index contributed by atoms with van der Waals surface area (Å²) < 4.78 is 28.1. The maximum Gasteiger partial charge on any atom is 0.181 e. The molecule has 1 heterocycles. The van der Waals surface area contributed by atoms with E-state index in [9.17, 15) is 13.6 Å². The molecule has 0 amide bonds. The quantitative estimate of drug-likeness (QED) is 0.761. The molecule has 2 aromatic rings. The SMILES string of the molecule is O=c1ccn(Cc2c(F)cccc2F)cc1. The van der Waals surface area contributed by atoms with Crippen LogP contribution in [0, 0.1) is 11.6 Å². The van der Waals surface area contributed by atoms with Gasteiger partial charge in [-0.3, -0.25) is 4.79 Å². The second-order valence-electron chi connectivity index (χ2n) is 3.41. The first-order chi connectivity index (χ1) is 7.66. The maximum absolute atomic E-state index is 13.3. The third-order valence-corrected chi connectivity index (χ3v) is 2.26. The summed E-state index contributed by atoms with van der Waals surface area (Å²) in [5, 5.41) is 0. The second kappa shape index (κ2) is 4.26. The van der Waals surface area contributed by atoms with E-state index in [0.717, 1.165) is 0 Å². The van der Waals surface area contributed by atoms with Crippen LogP contribution in [0.1, 0.15) is 5.56 Å². The molecule has 0 saturated heterocycles.